The molecule has 0 atom stereocenters. The Labute approximate surface area is 115 Å². The van der Waals surface area contributed by atoms with Crippen LogP contribution in [0.3, 0.4) is 0 Å². The maximum absolute atomic E-state index is 11.6. The lowest BCUT2D eigenvalue weighted by Gasteiger charge is -2.27. The van der Waals surface area contributed by atoms with E-state index >= 15 is 0 Å². The number of likely N-dealkylation sites (N-methyl/N-ethyl adjacent to an activating group) is 1. The highest BCUT2D eigenvalue weighted by molar-refractivity contribution is 5.77. The topological polar surface area (TPSA) is 35.6 Å². The fraction of sp³-hybridized carbons (Fsp3) is 0.533. The zero-order chi connectivity index (χ0) is 13.8. The molecule has 1 aliphatic heterocycles. The van der Waals surface area contributed by atoms with Gasteiger partial charge in [0.1, 0.15) is 0 Å². The molecule has 0 aromatic heterocycles. The van der Waals surface area contributed by atoms with Gasteiger partial charge in [0, 0.05) is 25.8 Å². The Bertz CT molecular complexity index is 457. The van der Waals surface area contributed by atoms with Gasteiger partial charge in [0.25, 0.3) is 0 Å². The minimum absolute atomic E-state index is 0.0693. The zero-order valence-corrected chi connectivity index (χ0v) is 12.1. The smallest absolute Gasteiger partial charge is 0.234 e. The number of rotatable bonds is 4. The molecule has 19 heavy (non-hydrogen) atoms. The minimum Gasteiger partial charge on any atom is -0.374 e. The molecule has 0 radical (unpaired) electrons. The summed E-state index contributed by atoms with van der Waals surface area (Å²) in [6, 6.07) is 6.50. The van der Waals surface area contributed by atoms with Gasteiger partial charge in [-0.1, -0.05) is 12.1 Å². The molecule has 1 N–H and O–H groups in total. The van der Waals surface area contributed by atoms with Crippen molar-refractivity contribution in [3.05, 3.63) is 29.3 Å². The van der Waals surface area contributed by atoms with Gasteiger partial charge in [-0.15, -0.1) is 0 Å². The van der Waals surface area contributed by atoms with Gasteiger partial charge in [-0.3, -0.25) is 4.79 Å². The Balaban J connectivity index is 1.97. The Kier molecular flexibility index (Phi) is 4.43. The normalized spacial score (nSPS) is 14.4. The largest absolute Gasteiger partial charge is 0.374 e. The van der Waals surface area contributed by atoms with Gasteiger partial charge in [0.2, 0.25) is 5.91 Å². The second-order valence-electron chi connectivity index (χ2n) is 5.50. The number of anilines is 1. The number of fused-ring (bicyclic) bond motifs is 1. The molecular weight excluding hydrogens is 238 g/mol. The van der Waals surface area contributed by atoms with Crippen LogP contribution >= 0.6 is 0 Å². The summed E-state index contributed by atoms with van der Waals surface area (Å²) in [5, 5.41) is 2.95. The van der Waals surface area contributed by atoms with E-state index in [0.29, 0.717) is 13.1 Å². The average molecular weight is 261 g/mol. The van der Waals surface area contributed by atoms with Crippen LogP contribution in [0.4, 0.5) is 5.69 Å². The predicted octanol–water partition coefficient (Wildman–Crippen LogP) is 1.25. The van der Waals surface area contributed by atoms with E-state index in [1.807, 2.05) is 19.0 Å². The Morgan fingerprint density at radius 2 is 2.21 bits per heavy atom. The van der Waals surface area contributed by atoms with E-state index in [9.17, 15) is 4.79 Å². The molecule has 4 heteroatoms. The van der Waals surface area contributed by atoms with Gasteiger partial charge in [-0.2, -0.15) is 0 Å². The van der Waals surface area contributed by atoms with Crippen molar-refractivity contribution < 1.29 is 4.79 Å². The Morgan fingerprint density at radius 1 is 1.42 bits per heavy atom. The van der Waals surface area contributed by atoms with Crippen molar-refractivity contribution in [2.75, 3.05) is 39.1 Å². The molecule has 1 aromatic carbocycles. The molecule has 0 saturated heterocycles. The third kappa shape index (κ3) is 3.70. The van der Waals surface area contributed by atoms with Crippen LogP contribution in [0.25, 0.3) is 0 Å². The van der Waals surface area contributed by atoms with Crippen LogP contribution in [0, 0.1) is 0 Å². The second-order valence-corrected chi connectivity index (χ2v) is 5.50. The van der Waals surface area contributed by atoms with Crippen LogP contribution in [0.15, 0.2) is 18.2 Å². The first-order valence-electron chi connectivity index (χ1n) is 6.80. The van der Waals surface area contributed by atoms with Crippen LogP contribution in [0.2, 0.25) is 0 Å². The lowest BCUT2D eigenvalue weighted by atomic mass is 9.99. The molecule has 1 aliphatic rings. The van der Waals surface area contributed by atoms with E-state index in [2.05, 4.69) is 35.5 Å². The summed E-state index contributed by atoms with van der Waals surface area (Å²) in [4.78, 5) is 15.8. The number of benzene rings is 1. The molecule has 104 valence electrons. The van der Waals surface area contributed by atoms with E-state index in [-0.39, 0.29) is 5.91 Å². The first-order chi connectivity index (χ1) is 9.06. The standard InChI is InChI=1S/C15H23N3O/c1-17(2)11-15(19)16-10-12-6-7-14-13(9-12)5-4-8-18(14)3/h6-7,9H,4-5,8,10-11H2,1-3H3,(H,16,19). The molecule has 0 saturated carbocycles. The van der Waals surface area contributed by atoms with Crippen LogP contribution in [0.5, 0.6) is 0 Å². The van der Waals surface area contributed by atoms with E-state index in [4.69, 9.17) is 0 Å². The van der Waals surface area contributed by atoms with Crippen LogP contribution in [-0.2, 0) is 17.8 Å². The third-order valence-corrected chi connectivity index (χ3v) is 3.44. The SMILES string of the molecule is CN(C)CC(=O)NCc1ccc2c(c1)CCCN2C. The average Bonchev–Trinajstić information content (AvgIpc) is 2.36. The molecule has 1 aromatic rings. The zero-order valence-electron chi connectivity index (χ0n) is 12.1. The highest BCUT2D eigenvalue weighted by Crippen LogP contribution is 2.26. The van der Waals surface area contributed by atoms with Crippen molar-refractivity contribution in [2.24, 2.45) is 0 Å². The third-order valence-electron chi connectivity index (χ3n) is 3.44. The molecule has 4 nitrogen and oxygen atoms in total. The van der Waals surface area contributed by atoms with E-state index < -0.39 is 0 Å². The van der Waals surface area contributed by atoms with E-state index in [1.54, 1.807) is 0 Å². The van der Waals surface area contributed by atoms with Crippen molar-refractivity contribution in [1.82, 2.24) is 10.2 Å². The summed E-state index contributed by atoms with van der Waals surface area (Å²) in [7, 11) is 5.93. The number of amides is 1. The van der Waals surface area contributed by atoms with Gasteiger partial charge in [-0.05, 0) is 44.1 Å². The molecule has 0 unspecified atom stereocenters. The first kappa shape index (κ1) is 13.9. The molecule has 2 rings (SSSR count). The molecule has 0 spiro atoms. The minimum atomic E-state index is 0.0693. The fourth-order valence-electron chi connectivity index (χ4n) is 2.49. The molecule has 0 aliphatic carbocycles. The first-order valence-corrected chi connectivity index (χ1v) is 6.80. The number of hydrogen-bond donors (Lipinski definition) is 1. The number of carbonyl (C=O) groups is 1. The quantitative estimate of drug-likeness (QED) is 0.886. The molecule has 1 heterocycles. The van der Waals surface area contributed by atoms with Gasteiger partial charge in [0.15, 0.2) is 0 Å². The van der Waals surface area contributed by atoms with Gasteiger partial charge in [0.05, 0.1) is 6.54 Å². The van der Waals surface area contributed by atoms with Crippen molar-refractivity contribution >= 4 is 11.6 Å². The monoisotopic (exact) mass is 261 g/mol. The summed E-state index contributed by atoms with van der Waals surface area (Å²) < 4.78 is 0. The summed E-state index contributed by atoms with van der Waals surface area (Å²) in [6.07, 6.45) is 2.35. The van der Waals surface area contributed by atoms with Gasteiger partial charge in [-0.25, -0.2) is 0 Å². The van der Waals surface area contributed by atoms with E-state index in [1.165, 1.54) is 23.2 Å². The fourth-order valence-corrected chi connectivity index (χ4v) is 2.49. The summed E-state index contributed by atoms with van der Waals surface area (Å²) in [5.74, 6) is 0.0693. The molecular formula is C15H23N3O. The van der Waals surface area contributed by atoms with Crippen LogP contribution in [-0.4, -0.2) is 45.0 Å². The lowest BCUT2D eigenvalue weighted by molar-refractivity contribution is -0.121. The predicted molar refractivity (Wildman–Crippen MR) is 78.4 cm³/mol. The lowest BCUT2D eigenvalue weighted by Crippen LogP contribution is -2.32. The number of hydrogen-bond acceptors (Lipinski definition) is 3. The van der Waals surface area contributed by atoms with E-state index in [0.717, 1.165) is 13.0 Å². The highest BCUT2D eigenvalue weighted by atomic mass is 16.1. The second kappa shape index (κ2) is 6.06. The molecule has 0 fully saturated rings. The van der Waals surface area contributed by atoms with Crippen molar-refractivity contribution in [2.45, 2.75) is 19.4 Å². The number of aryl methyl sites for hydroxylation is 1. The van der Waals surface area contributed by atoms with Gasteiger partial charge < -0.3 is 15.1 Å². The number of nitrogens with zero attached hydrogens (tertiary/aromatic N) is 2. The Hall–Kier alpha value is -1.55. The van der Waals surface area contributed by atoms with Crippen molar-refractivity contribution in [3.63, 3.8) is 0 Å². The number of carbonyl (C=O) groups excluding carboxylic acids is 1. The van der Waals surface area contributed by atoms with Crippen molar-refractivity contribution in [1.29, 1.82) is 0 Å². The highest BCUT2D eigenvalue weighted by Gasteiger charge is 2.13. The summed E-state index contributed by atoms with van der Waals surface area (Å²) in [5.41, 5.74) is 3.91. The maximum atomic E-state index is 11.6. The molecule has 0 bridgehead atoms. The summed E-state index contributed by atoms with van der Waals surface area (Å²) >= 11 is 0. The summed E-state index contributed by atoms with van der Waals surface area (Å²) in [6.45, 7) is 2.18. The van der Waals surface area contributed by atoms with Gasteiger partial charge >= 0.3 is 0 Å². The molecule has 1 amide bonds. The van der Waals surface area contributed by atoms with Crippen molar-refractivity contribution in [3.8, 4) is 0 Å². The van der Waals surface area contributed by atoms with Crippen LogP contribution < -0.4 is 10.2 Å². The van der Waals surface area contributed by atoms with Crippen LogP contribution in [0.1, 0.15) is 17.5 Å². The Morgan fingerprint density at radius 3 is 2.95 bits per heavy atom. The number of nitrogens with one attached hydrogen (secondary N) is 1. The maximum Gasteiger partial charge on any atom is 0.234 e.